The zero-order chi connectivity index (χ0) is 27.0. The molecule has 0 unspecified atom stereocenters. The minimum absolute atomic E-state index is 0.188. The lowest BCUT2D eigenvalue weighted by molar-refractivity contribution is -0.131. The van der Waals surface area contributed by atoms with Gasteiger partial charge in [0.2, 0.25) is 0 Å². The maximum Gasteiger partial charge on any atom is 0.386 e. The minimum atomic E-state index is -4.00. The number of rotatable bonds is 4. The van der Waals surface area contributed by atoms with Crippen LogP contribution in [0.15, 0.2) is 54.9 Å². The molecule has 0 amide bonds. The van der Waals surface area contributed by atoms with E-state index in [9.17, 15) is 23.2 Å². The smallest absolute Gasteiger partial charge is 0.386 e. The molecule has 0 spiro atoms. The summed E-state index contributed by atoms with van der Waals surface area (Å²) in [6.45, 7) is 7.52. The van der Waals surface area contributed by atoms with Crippen molar-refractivity contribution >= 4 is 19.5 Å². The second-order valence-electron chi connectivity index (χ2n) is 6.48. The molecule has 0 N–H and O–H groups in total. The van der Waals surface area contributed by atoms with E-state index < -0.39 is 6.18 Å². The Morgan fingerprint density at radius 2 is 1.63 bits per heavy atom. The van der Waals surface area contributed by atoms with Crippen LogP contribution in [-0.4, -0.2) is 35.7 Å². The summed E-state index contributed by atoms with van der Waals surface area (Å²) in [4.78, 5) is 35.9. The summed E-state index contributed by atoms with van der Waals surface area (Å²) < 4.78 is 36.2. The van der Waals surface area contributed by atoms with E-state index in [4.69, 9.17) is 14.3 Å². The zero-order valence-electron chi connectivity index (χ0n) is 19.4. The lowest BCUT2D eigenvalue weighted by atomic mass is 9.96. The molecule has 0 aliphatic rings. The van der Waals surface area contributed by atoms with Crippen LogP contribution >= 0.6 is 0 Å². The molecule has 3 aromatic rings. The van der Waals surface area contributed by atoms with Crippen molar-refractivity contribution in [3.05, 3.63) is 66.1 Å². The third-order valence-electron chi connectivity index (χ3n) is 3.92. The lowest BCUT2D eigenvalue weighted by Crippen LogP contribution is -2.02. The Morgan fingerprint density at radius 1 is 1.06 bits per heavy atom. The van der Waals surface area contributed by atoms with E-state index in [-0.39, 0.29) is 12.9 Å². The maximum atomic E-state index is 11.2. The van der Waals surface area contributed by atoms with E-state index in [1.807, 2.05) is 50.8 Å². The highest BCUT2D eigenvalue weighted by Gasteiger charge is 2.16. The minimum Gasteiger partial charge on any atom is -0.427 e. The average Bonchev–Trinajstić information content (AvgIpc) is 2.85. The third-order valence-corrected chi connectivity index (χ3v) is 3.92. The predicted octanol–water partition coefficient (Wildman–Crippen LogP) is 5.37. The first kappa shape index (κ1) is 30.6. The highest BCUT2D eigenvalue weighted by molar-refractivity contribution is 5.77. The number of benzene rings is 1. The number of ether oxygens (including phenoxy) is 1. The summed E-state index contributed by atoms with van der Waals surface area (Å²) in [6, 6.07) is 15.1. The summed E-state index contributed by atoms with van der Waals surface area (Å²) in [5.41, 5.74) is 4.56. The van der Waals surface area contributed by atoms with Crippen LogP contribution in [0.25, 0.3) is 22.4 Å². The molecule has 0 aliphatic carbocycles. The van der Waals surface area contributed by atoms with Crippen molar-refractivity contribution in [3.8, 4) is 34.2 Å². The number of nitriles is 1. The largest absolute Gasteiger partial charge is 0.427 e. The van der Waals surface area contributed by atoms with Crippen LogP contribution in [-0.2, 0) is 20.8 Å². The molecule has 184 valence electrons. The Labute approximate surface area is 201 Å². The number of carbonyl (C=O) groups is 3. The van der Waals surface area contributed by atoms with E-state index in [0.29, 0.717) is 17.7 Å². The fourth-order valence-electron chi connectivity index (χ4n) is 2.77. The predicted molar refractivity (Wildman–Crippen MR) is 124 cm³/mol. The standard InChI is InChI=1S/C21H17N3O2.C2H3F3.2CH2O/c1-3-20-19(13-22)18(15-7-9-23-10-8-15)12-21(24-20)16-5-4-6-17(11-16)26-14(2)25;1-2(3,4)5;2*1-2/h4-12H,3H2,1-2H3;1H3;2*1H2. The molecule has 3 rings (SSSR count). The van der Waals surface area contributed by atoms with Crippen LogP contribution < -0.4 is 4.74 Å². The fourth-order valence-corrected chi connectivity index (χ4v) is 2.77. The molecule has 0 aliphatic heterocycles. The maximum absolute atomic E-state index is 11.2. The highest BCUT2D eigenvalue weighted by atomic mass is 19.4. The van der Waals surface area contributed by atoms with Gasteiger partial charge >= 0.3 is 12.1 Å². The molecular formula is C25H24F3N3O4. The number of halogens is 3. The van der Waals surface area contributed by atoms with Crippen molar-refractivity contribution in [2.24, 2.45) is 0 Å². The van der Waals surface area contributed by atoms with E-state index in [2.05, 4.69) is 16.0 Å². The van der Waals surface area contributed by atoms with Crippen LogP contribution in [0.2, 0.25) is 0 Å². The second-order valence-corrected chi connectivity index (χ2v) is 6.48. The summed E-state index contributed by atoms with van der Waals surface area (Å²) in [5, 5.41) is 9.63. The molecule has 2 heterocycles. The second kappa shape index (κ2) is 15.4. The zero-order valence-corrected chi connectivity index (χ0v) is 19.4. The molecule has 0 fully saturated rings. The number of hydrogen-bond donors (Lipinski definition) is 0. The molecule has 2 aromatic heterocycles. The Balaban J connectivity index is 0.00000112. The van der Waals surface area contributed by atoms with E-state index in [0.717, 1.165) is 28.1 Å². The van der Waals surface area contributed by atoms with Gasteiger partial charge in [-0.05, 0) is 42.3 Å². The van der Waals surface area contributed by atoms with Crippen molar-refractivity contribution in [1.29, 1.82) is 5.26 Å². The Bertz CT molecular complexity index is 1120. The first-order valence-electron chi connectivity index (χ1n) is 9.90. The van der Waals surface area contributed by atoms with Gasteiger partial charge in [-0.3, -0.25) is 14.8 Å². The topological polar surface area (TPSA) is 110 Å². The molecule has 10 heteroatoms. The number of nitrogens with zero attached hydrogens (tertiary/aromatic N) is 3. The average molecular weight is 487 g/mol. The first-order valence-corrected chi connectivity index (χ1v) is 9.90. The monoisotopic (exact) mass is 487 g/mol. The number of pyridine rings is 2. The van der Waals surface area contributed by atoms with Crippen molar-refractivity contribution in [2.45, 2.75) is 33.4 Å². The summed E-state index contributed by atoms with van der Waals surface area (Å²) in [5.74, 6) is 0.0892. The Morgan fingerprint density at radius 3 is 2.11 bits per heavy atom. The fraction of sp³-hybridized carbons (Fsp3) is 0.200. The molecule has 0 radical (unpaired) electrons. The van der Waals surface area contributed by atoms with Crippen LogP contribution in [0.4, 0.5) is 13.2 Å². The number of alkyl halides is 3. The van der Waals surface area contributed by atoms with Gasteiger partial charge in [0, 0.05) is 37.4 Å². The van der Waals surface area contributed by atoms with Gasteiger partial charge in [0.1, 0.15) is 25.4 Å². The van der Waals surface area contributed by atoms with Gasteiger partial charge in [0.15, 0.2) is 0 Å². The normalized spacial score (nSPS) is 9.51. The number of hydrogen-bond acceptors (Lipinski definition) is 7. The van der Waals surface area contributed by atoms with Gasteiger partial charge in [0.25, 0.3) is 0 Å². The lowest BCUT2D eigenvalue weighted by Gasteiger charge is -2.12. The van der Waals surface area contributed by atoms with Crippen molar-refractivity contribution in [3.63, 3.8) is 0 Å². The van der Waals surface area contributed by atoms with Gasteiger partial charge in [-0.25, -0.2) is 0 Å². The number of carbonyl (C=O) groups excluding carboxylic acids is 3. The van der Waals surface area contributed by atoms with Crippen molar-refractivity contribution < 1.29 is 32.3 Å². The van der Waals surface area contributed by atoms with Crippen LogP contribution in [0.1, 0.15) is 32.0 Å². The SMILES string of the molecule is C=O.C=O.CC(F)(F)F.CCc1nc(-c2cccc(OC(C)=O)c2)cc(-c2ccncc2)c1C#N. The van der Waals surface area contributed by atoms with Gasteiger partial charge in [-0.15, -0.1) is 0 Å². The Hall–Kier alpha value is -4.39. The molecule has 0 saturated carbocycles. The molecule has 1 aromatic carbocycles. The quantitative estimate of drug-likeness (QED) is 0.359. The molecule has 0 bridgehead atoms. The highest BCUT2D eigenvalue weighted by Crippen LogP contribution is 2.31. The summed E-state index contributed by atoms with van der Waals surface area (Å²) >= 11 is 0. The van der Waals surface area contributed by atoms with E-state index in [1.54, 1.807) is 24.5 Å². The molecular weight excluding hydrogens is 463 g/mol. The number of aryl methyl sites for hydroxylation is 1. The molecule has 0 saturated heterocycles. The molecule has 35 heavy (non-hydrogen) atoms. The summed E-state index contributed by atoms with van der Waals surface area (Å²) in [6.07, 6.45) is 0.0332. The Kier molecular flexibility index (Phi) is 13.5. The number of aromatic nitrogens is 2. The van der Waals surface area contributed by atoms with Crippen LogP contribution in [0.5, 0.6) is 5.75 Å². The van der Waals surface area contributed by atoms with Gasteiger partial charge in [0.05, 0.1) is 17.0 Å². The van der Waals surface area contributed by atoms with Crippen molar-refractivity contribution in [1.82, 2.24) is 9.97 Å². The van der Waals surface area contributed by atoms with Gasteiger partial charge in [-0.1, -0.05) is 19.1 Å². The third kappa shape index (κ3) is 10.9. The molecule has 7 nitrogen and oxygen atoms in total. The van der Waals surface area contributed by atoms with Gasteiger partial charge < -0.3 is 14.3 Å². The van der Waals surface area contributed by atoms with Gasteiger partial charge in [-0.2, -0.15) is 18.4 Å². The first-order chi connectivity index (χ1) is 16.6. The van der Waals surface area contributed by atoms with Crippen LogP contribution in [0, 0.1) is 11.3 Å². The van der Waals surface area contributed by atoms with Crippen LogP contribution in [0.3, 0.4) is 0 Å². The molecule has 0 atom stereocenters. The van der Waals surface area contributed by atoms with Crippen molar-refractivity contribution in [2.75, 3.05) is 0 Å². The van der Waals surface area contributed by atoms with E-state index >= 15 is 0 Å². The summed E-state index contributed by atoms with van der Waals surface area (Å²) in [7, 11) is 0. The number of esters is 1. The van der Waals surface area contributed by atoms with E-state index in [1.165, 1.54) is 6.92 Å².